The number of aryl methyl sites for hydroxylation is 1. The Morgan fingerprint density at radius 1 is 1.06 bits per heavy atom. The van der Waals surface area contributed by atoms with Gasteiger partial charge in [-0.05, 0) is 24.6 Å². The third-order valence-corrected chi connectivity index (χ3v) is 6.85. The van der Waals surface area contributed by atoms with Crippen LogP contribution in [0.5, 0.6) is 5.88 Å². The Bertz CT molecular complexity index is 1250. The number of benzene rings is 2. The summed E-state index contributed by atoms with van der Waals surface area (Å²) in [7, 11) is 0. The number of nitro benzene ring substituents is 1. The van der Waals surface area contributed by atoms with Crippen molar-refractivity contribution in [1.82, 2.24) is 19.5 Å². The van der Waals surface area contributed by atoms with Gasteiger partial charge in [-0.1, -0.05) is 41.7 Å². The molecular weight excluding hydrogens is 428 g/mol. The van der Waals surface area contributed by atoms with Gasteiger partial charge < -0.3 is 10.0 Å². The highest BCUT2D eigenvalue weighted by atomic mass is 32.1. The highest BCUT2D eigenvalue weighted by molar-refractivity contribution is 7.17. The second-order valence-corrected chi connectivity index (χ2v) is 8.76. The van der Waals surface area contributed by atoms with Crippen molar-refractivity contribution in [2.45, 2.75) is 13.0 Å². The van der Waals surface area contributed by atoms with Crippen LogP contribution >= 0.6 is 11.3 Å². The molecule has 5 rings (SSSR count). The van der Waals surface area contributed by atoms with Gasteiger partial charge in [0.25, 0.3) is 5.69 Å². The molecular formula is C22H22N6O3S. The molecule has 4 aromatic rings. The molecule has 3 heterocycles. The molecule has 1 fully saturated rings. The van der Waals surface area contributed by atoms with E-state index in [0.717, 1.165) is 36.6 Å². The van der Waals surface area contributed by atoms with Crippen molar-refractivity contribution in [3.8, 4) is 5.88 Å². The number of nitro groups is 1. The zero-order chi connectivity index (χ0) is 22.2. The van der Waals surface area contributed by atoms with Crippen LogP contribution in [-0.4, -0.2) is 55.7 Å². The number of anilines is 1. The highest BCUT2D eigenvalue weighted by Gasteiger charge is 2.32. The molecule has 0 saturated carbocycles. The number of non-ortho nitro benzene ring substituents is 1. The molecule has 0 radical (unpaired) electrons. The molecule has 10 heteroatoms. The van der Waals surface area contributed by atoms with Gasteiger partial charge in [0, 0.05) is 44.0 Å². The van der Waals surface area contributed by atoms with Gasteiger partial charge in [-0.2, -0.15) is 4.52 Å². The summed E-state index contributed by atoms with van der Waals surface area (Å²) in [4.78, 5) is 21.1. The van der Waals surface area contributed by atoms with Gasteiger partial charge in [-0.15, -0.1) is 5.10 Å². The molecule has 0 bridgehead atoms. The van der Waals surface area contributed by atoms with Gasteiger partial charge in [0.2, 0.25) is 10.8 Å². The smallest absolute Gasteiger partial charge is 0.269 e. The Kier molecular flexibility index (Phi) is 5.24. The van der Waals surface area contributed by atoms with Crippen LogP contribution in [0, 0.1) is 17.0 Å². The number of hydrogen-bond donors (Lipinski definition) is 1. The topological polar surface area (TPSA) is 100 Å². The van der Waals surface area contributed by atoms with E-state index in [0.29, 0.717) is 10.8 Å². The number of aromatic nitrogens is 3. The summed E-state index contributed by atoms with van der Waals surface area (Å²) in [6, 6.07) is 16.6. The molecule has 0 spiro atoms. The van der Waals surface area contributed by atoms with Crippen LogP contribution in [0.15, 0.2) is 54.6 Å². The van der Waals surface area contributed by atoms with E-state index in [1.54, 1.807) is 19.1 Å². The number of thiazole rings is 1. The van der Waals surface area contributed by atoms with Crippen LogP contribution in [0.1, 0.15) is 22.3 Å². The highest BCUT2D eigenvalue weighted by Crippen LogP contribution is 2.40. The van der Waals surface area contributed by atoms with E-state index in [4.69, 9.17) is 0 Å². The summed E-state index contributed by atoms with van der Waals surface area (Å²) in [6.45, 7) is 5.03. The number of piperazine rings is 1. The van der Waals surface area contributed by atoms with Crippen molar-refractivity contribution in [1.29, 1.82) is 0 Å². The largest absolute Gasteiger partial charge is 0.492 e. The van der Waals surface area contributed by atoms with Crippen molar-refractivity contribution in [3.63, 3.8) is 0 Å². The van der Waals surface area contributed by atoms with E-state index >= 15 is 0 Å². The van der Waals surface area contributed by atoms with Gasteiger partial charge in [0.05, 0.1) is 15.8 Å². The first-order valence-electron chi connectivity index (χ1n) is 10.3. The first-order valence-corrected chi connectivity index (χ1v) is 11.2. The first-order chi connectivity index (χ1) is 15.5. The molecule has 32 heavy (non-hydrogen) atoms. The fraction of sp³-hybridized carbons (Fsp3) is 0.273. The van der Waals surface area contributed by atoms with E-state index in [2.05, 4.69) is 32.0 Å². The Hall–Kier alpha value is -3.50. The minimum Gasteiger partial charge on any atom is -0.492 e. The molecule has 164 valence electrons. The zero-order valence-electron chi connectivity index (χ0n) is 17.5. The van der Waals surface area contributed by atoms with Crippen LogP contribution in [0.25, 0.3) is 4.96 Å². The maximum Gasteiger partial charge on any atom is 0.269 e. The quantitative estimate of drug-likeness (QED) is 0.366. The van der Waals surface area contributed by atoms with Gasteiger partial charge in [0.15, 0.2) is 0 Å². The van der Waals surface area contributed by atoms with Gasteiger partial charge in [-0.3, -0.25) is 15.0 Å². The Labute approximate surface area is 188 Å². The number of nitrogens with zero attached hydrogens (tertiary/aromatic N) is 6. The van der Waals surface area contributed by atoms with Crippen LogP contribution in [0.2, 0.25) is 0 Å². The van der Waals surface area contributed by atoms with Crippen LogP contribution < -0.4 is 4.90 Å². The average molecular weight is 451 g/mol. The van der Waals surface area contributed by atoms with E-state index < -0.39 is 4.92 Å². The lowest BCUT2D eigenvalue weighted by Gasteiger charge is -2.40. The Morgan fingerprint density at radius 3 is 2.38 bits per heavy atom. The zero-order valence-corrected chi connectivity index (χ0v) is 18.3. The van der Waals surface area contributed by atoms with E-state index in [-0.39, 0.29) is 17.6 Å². The molecule has 1 aliphatic rings. The lowest BCUT2D eigenvalue weighted by molar-refractivity contribution is -0.384. The molecule has 1 atom stereocenters. The molecule has 1 saturated heterocycles. The second kappa shape index (κ2) is 8.21. The third kappa shape index (κ3) is 3.67. The lowest BCUT2D eigenvalue weighted by atomic mass is 10.0. The summed E-state index contributed by atoms with van der Waals surface area (Å²) in [5.41, 5.74) is 2.13. The summed E-state index contributed by atoms with van der Waals surface area (Å²) >= 11 is 1.40. The SMILES string of the molecule is Cc1nc2sc([C@H](c3ccc([N+](=O)[O-])cc3)N3CCN(c4ccccc4)CC3)c(O)n2n1. The average Bonchev–Trinajstić information content (AvgIpc) is 3.32. The van der Waals surface area contributed by atoms with Crippen molar-refractivity contribution < 1.29 is 10.0 Å². The Morgan fingerprint density at radius 2 is 1.75 bits per heavy atom. The van der Waals surface area contributed by atoms with Crippen LogP contribution in [0.4, 0.5) is 11.4 Å². The predicted octanol–water partition coefficient (Wildman–Crippen LogP) is 3.62. The summed E-state index contributed by atoms with van der Waals surface area (Å²) in [5.74, 6) is 0.668. The van der Waals surface area contributed by atoms with Gasteiger partial charge >= 0.3 is 0 Å². The number of rotatable bonds is 5. The minimum atomic E-state index is -0.402. The predicted molar refractivity (Wildman–Crippen MR) is 122 cm³/mol. The maximum atomic E-state index is 11.1. The molecule has 1 aliphatic heterocycles. The van der Waals surface area contributed by atoms with Crippen LogP contribution in [0.3, 0.4) is 0 Å². The van der Waals surface area contributed by atoms with Gasteiger partial charge in [0.1, 0.15) is 5.82 Å². The molecule has 0 unspecified atom stereocenters. The van der Waals surface area contributed by atoms with E-state index in [1.807, 2.05) is 18.2 Å². The Balaban J connectivity index is 1.49. The molecule has 0 aliphatic carbocycles. The van der Waals surface area contributed by atoms with Crippen LogP contribution in [-0.2, 0) is 0 Å². The van der Waals surface area contributed by atoms with Gasteiger partial charge in [-0.25, -0.2) is 4.98 Å². The van der Waals surface area contributed by atoms with Crippen molar-refractivity contribution in [2.24, 2.45) is 0 Å². The summed E-state index contributed by atoms with van der Waals surface area (Å²) in [6.07, 6.45) is 0. The van der Waals surface area contributed by atoms with E-state index in [9.17, 15) is 15.2 Å². The first kappa shape index (κ1) is 20.4. The summed E-state index contributed by atoms with van der Waals surface area (Å²) < 4.78 is 1.47. The summed E-state index contributed by atoms with van der Waals surface area (Å²) in [5, 5.41) is 26.4. The second-order valence-electron chi connectivity index (χ2n) is 7.75. The molecule has 0 amide bonds. The number of aromatic hydroxyl groups is 1. The maximum absolute atomic E-state index is 11.1. The number of para-hydroxylation sites is 1. The fourth-order valence-electron chi connectivity index (χ4n) is 4.21. The lowest BCUT2D eigenvalue weighted by Crippen LogP contribution is -2.47. The molecule has 2 aromatic carbocycles. The number of fused-ring (bicyclic) bond motifs is 1. The monoisotopic (exact) mass is 450 g/mol. The van der Waals surface area contributed by atoms with Crippen molar-refractivity contribution >= 4 is 27.7 Å². The van der Waals surface area contributed by atoms with Crippen molar-refractivity contribution in [3.05, 3.63) is 81.0 Å². The fourth-order valence-corrected chi connectivity index (χ4v) is 5.37. The van der Waals surface area contributed by atoms with E-state index in [1.165, 1.54) is 33.7 Å². The third-order valence-electron chi connectivity index (χ3n) is 5.77. The molecule has 2 aromatic heterocycles. The van der Waals surface area contributed by atoms with Crippen molar-refractivity contribution in [2.75, 3.05) is 31.1 Å². The minimum absolute atomic E-state index is 0.0453. The molecule has 9 nitrogen and oxygen atoms in total. The number of hydrogen-bond acceptors (Lipinski definition) is 8. The standard InChI is InChI=1S/C22H22N6O3S/c1-15-23-22-27(24-15)21(29)20(32-22)19(16-7-9-18(10-8-16)28(30)31)26-13-11-25(12-14-26)17-5-3-2-4-6-17/h2-10,19,29H,11-14H2,1H3/t19-/m0/s1. The molecule has 1 N–H and O–H groups in total. The normalized spacial score (nSPS) is 15.8.